The van der Waals surface area contributed by atoms with Gasteiger partial charge in [0.15, 0.2) is 0 Å². The Hall–Kier alpha value is -1.66. The highest BCUT2D eigenvalue weighted by Gasteiger charge is 2.04. The molecule has 0 aliphatic rings. The summed E-state index contributed by atoms with van der Waals surface area (Å²) in [6.45, 7) is 0.361. The summed E-state index contributed by atoms with van der Waals surface area (Å²) in [6.07, 6.45) is 0. The number of anilines is 2. The lowest BCUT2D eigenvalue weighted by Gasteiger charge is -2.06. The molecule has 0 saturated heterocycles. The van der Waals surface area contributed by atoms with Crippen molar-refractivity contribution in [3.8, 4) is 0 Å². The first kappa shape index (κ1) is 12.8. The smallest absolute Gasteiger partial charge is 0.229 e. The van der Waals surface area contributed by atoms with E-state index in [4.69, 9.17) is 28.9 Å². The van der Waals surface area contributed by atoms with Crippen molar-refractivity contribution < 1.29 is 4.39 Å². The minimum Gasteiger partial charge on any atom is -0.368 e. The molecule has 0 fully saturated rings. The van der Waals surface area contributed by atoms with Gasteiger partial charge in [-0.05, 0) is 29.3 Å². The van der Waals surface area contributed by atoms with Crippen molar-refractivity contribution in [1.29, 1.82) is 0 Å². The van der Waals surface area contributed by atoms with Crippen LogP contribution in [0.2, 0.25) is 10.3 Å². The summed E-state index contributed by atoms with van der Waals surface area (Å²) in [4.78, 5) is 11.3. The first-order chi connectivity index (χ1) is 8.54. The van der Waals surface area contributed by atoms with E-state index in [2.05, 4.69) is 20.3 Å². The van der Waals surface area contributed by atoms with Gasteiger partial charge in [0.1, 0.15) is 5.82 Å². The van der Waals surface area contributed by atoms with Gasteiger partial charge in [0.05, 0.1) is 5.02 Å². The Balaban J connectivity index is 2.08. The summed E-state index contributed by atoms with van der Waals surface area (Å²) in [5.74, 6) is -0.199. The van der Waals surface area contributed by atoms with E-state index >= 15 is 0 Å². The summed E-state index contributed by atoms with van der Waals surface area (Å²) in [6, 6.07) is 4.39. The summed E-state index contributed by atoms with van der Waals surface area (Å²) in [5, 5.41) is 2.94. The molecule has 1 aromatic heterocycles. The maximum absolute atomic E-state index is 12.9. The number of hydrogen-bond donors (Lipinski definition) is 2. The molecular weight excluding hydrogens is 280 g/mol. The topological polar surface area (TPSA) is 76.7 Å². The average molecular weight is 288 g/mol. The van der Waals surface area contributed by atoms with Gasteiger partial charge in [0.25, 0.3) is 0 Å². The molecule has 3 N–H and O–H groups in total. The predicted octanol–water partition coefficient (Wildman–Crippen LogP) is 2.51. The number of halogens is 3. The van der Waals surface area contributed by atoms with Crippen molar-refractivity contribution >= 4 is 35.1 Å². The monoisotopic (exact) mass is 287 g/mol. The highest BCUT2D eigenvalue weighted by molar-refractivity contribution is 6.30. The standard InChI is InChI=1S/C10H8Cl2FN5/c11-6-3-5(1-2-7(6)13)4-15-10-17-8(12)16-9(14)18-10/h1-3H,4H2,(H3,14,15,16,17,18). The van der Waals surface area contributed by atoms with Gasteiger partial charge in [0.2, 0.25) is 17.2 Å². The fourth-order valence-electron chi connectivity index (χ4n) is 1.28. The maximum atomic E-state index is 12.9. The maximum Gasteiger partial charge on any atom is 0.229 e. The van der Waals surface area contributed by atoms with Crippen LogP contribution in [0, 0.1) is 5.82 Å². The Morgan fingerprint density at radius 2 is 2.00 bits per heavy atom. The largest absolute Gasteiger partial charge is 0.368 e. The molecule has 0 bridgehead atoms. The van der Waals surface area contributed by atoms with E-state index < -0.39 is 5.82 Å². The average Bonchev–Trinajstić information content (AvgIpc) is 2.29. The molecule has 1 heterocycles. The summed E-state index contributed by atoms with van der Waals surface area (Å²) in [5.41, 5.74) is 6.19. The van der Waals surface area contributed by atoms with Crippen LogP contribution in [-0.2, 0) is 6.54 Å². The molecular formula is C10H8Cl2FN5. The molecule has 2 aromatic rings. The number of hydrogen-bond acceptors (Lipinski definition) is 5. The second kappa shape index (κ2) is 5.32. The Bertz CT molecular complexity index is 558. The molecule has 0 aliphatic heterocycles. The second-order valence-electron chi connectivity index (χ2n) is 3.39. The van der Waals surface area contributed by atoms with E-state index in [-0.39, 0.29) is 22.2 Å². The lowest BCUT2D eigenvalue weighted by atomic mass is 10.2. The van der Waals surface area contributed by atoms with Gasteiger partial charge < -0.3 is 11.1 Å². The number of nitrogens with two attached hydrogens (primary N) is 1. The quantitative estimate of drug-likeness (QED) is 0.907. The Morgan fingerprint density at radius 1 is 1.22 bits per heavy atom. The Morgan fingerprint density at radius 3 is 2.67 bits per heavy atom. The molecule has 5 nitrogen and oxygen atoms in total. The van der Waals surface area contributed by atoms with Crippen LogP contribution in [0.5, 0.6) is 0 Å². The van der Waals surface area contributed by atoms with Crippen LogP contribution < -0.4 is 11.1 Å². The van der Waals surface area contributed by atoms with Crippen LogP contribution >= 0.6 is 23.2 Å². The van der Waals surface area contributed by atoms with E-state index in [9.17, 15) is 4.39 Å². The zero-order valence-corrected chi connectivity index (χ0v) is 10.5. The zero-order chi connectivity index (χ0) is 13.1. The van der Waals surface area contributed by atoms with Crippen molar-refractivity contribution in [2.24, 2.45) is 0 Å². The molecule has 8 heteroatoms. The molecule has 94 valence electrons. The number of nitrogen functional groups attached to an aromatic ring is 1. The number of nitrogens with one attached hydrogen (secondary N) is 1. The molecule has 0 saturated carbocycles. The van der Waals surface area contributed by atoms with Crippen LogP contribution in [-0.4, -0.2) is 15.0 Å². The van der Waals surface area contributed by atoms with Gasteiger partial charge in [-0.25, -0.2) is 4.39 Å². The van der Waals surface area contributed by atoms with Gasteiger partial charge in [-0.15, -0.1) is 0 Å². The van der Waals surface area contributed by atoms with Gasteiger partial charge >= 0.3 is 0 Å². The SMILES string of the molecule is Nc1nc(Cl)nc(NCc2ccc(F)c(Cl)c2)n1. The molecule has 0 aliphatic carbocycles. The van der Waals surface area contributed by atoms with Crippen LogP contribution in [0.15, 0.2) is 18.2 Å². The van der Waals surface area contributed by atoms with Crippen molar-refractivity contribution in [3.05, 3.63) is 39.9 Å². The van der Waals surface area contributed by atoms with E-state index in [0.29, 0.717) is 6.54 Å². The minimum atomic E-state index is -0.465. The minimum absolute atomic E-state index is 0.00198. The number of aromatic nitrogens is 3. The number of benzene rings is 1. The van der Waals surface area contributed by atoms with Gasteiger partial charge in [-0.2, -0.15) is 15.0 Å². The van der Waals surface area contributed by atoms with E-state index in [1.165, 1.54) is 12.1 Å². The second-order valence-corrected chi connectivity index (χ2v) is 4.13. The third-order valence-electron chi connectivity index (χ3n) is 2.06. The molecule has 18 heavy (non-hydrogen) atoms. The lowest BCUT2D eigenvalue weighted by Crippen LogP contribution is -2.07. The highest BCUT2D eigenvalue weighted by Crippen LogP contribution is 2.16. The van der Waals surface area contributed by atoms with Crippen LogP contribution in [0.3, 0.4) is 0 Å². The molecule has 2 rings (SSSR count). The van der Waals surface area contributed by atoms with E-state index in [1.54, 1.807) is 6.07 Å². The lowest BCUT2D eigenvalue weighted by molar-refractivity contribution is 0.627. The third kappa shape index (κ3) is 3.18. The molecule has 0 atom stereocenters. The molecule has 1 aromatic carbocycles. The normalized spacial score (nSPS) is 10.4. The van der Waals surface area contributed by atoms with Gasteiger partial charge in [-0.1, -0.05) is 17.7 Å². The fraction of sp³-hybridized carbons (Fsp3) is 0.100. The molecule has 0 radical (unpaired) electrons. The Labute approximate surface area is 112 Å². The first-order valence-electron chi connectivity index (χ1n) is 4.89. The van der Waals surface area contributed by atoms with Crippen LogP contribution in [0.4, 0.5) is 16.3 Å². The van der Waals surface area contributed by atoms with Gasteiger partial charge in [0, 0.05) is 6.54 Å². The fourth-order valence-corrected chi connectivity index (χ4v) is 1.64. The van der Waals surface area contributed by atoms with Crippen molar-refractivity contribution in [2.45, 2.75) is 6.54 Å². The summed E-state index contributed by atoms with van der Waals surface area (Å²) < 4.78 is 12.9. The third-order valence-corrected chi connectivity index (χ3v) is 2.52. The predicted molar refractivity (Wildman–Crippen MR) is 68.0 cm³/mol. The molecule has 0 unspecified atom stereocenters. The van der Waals surface area contributed by atoms with Gasteiger partial charge in [-0.3, -0.25) is 0 Å². The van der Waals surface area contributed by atoms with Crippen molar-refractivity contribution in [1.82, 2.24) is 15.0 Å². The number of rotatable bonds is 3. The van der Waals surface area contributed by atoms with Crippen molar-refractivity contribution in [3.63, 3.8) is 0 Å². The Kier molecular flexibility index (Phi) is 3.78. The summed E-state index contributed by atoms with van der Waals surface area (Å²) >= 11 is 11.3. The molecule has 0 spiro atoms. The number of nitrogens with zero attached hydrogens (tertiary/aromatic N) is 3. The zero-order valence-electron chi connectivity index (χ0n) is 8.99. The van der Waals surface area contributed by atoms with Crippen LogP contribution in [0.25, 0.3) is 0 Å². The molecule has 0 amide bonds. The van der Waals surface area contributed by atoms with Crippen LogP contribution in [0.1, 0.15) is 5.56 Å². The van der Waals surface area contributed by atoms with E-state index in [0.717, 1.165) is 5.56 Å². The first-order valence-corrected chi connectivity index (χ1v) is 5.65. The van der Waals surface area contributed by atoms with Crippen molar-refractivity contribution in [2.75, 3.05) is 11.1 Å². The highest BCUT2D eigenvalue weighted by atomic mass is 35.5. The van der Waals surface area contributed by atoms with E-state index in [1.807, 2.05) is 0 Å². The summed E-state index contributed by atoms with van der Waals surface area (Å²) in [7, 11) is 0.